The summed E-state index contributed by atoms with van der Waals surface area (Å²) in [5.41, 5.74) is 3.99. The van der Waals surface area contributed by atoms with E-state index in [9.17, 15) is 14.7 Å². The molecule has 162 valence electrons. The van der Waals surface area contributed by atoms with E-state index < -0.39 is 34.1 Å². The molecule has 1 saturated heterocycles. The summed E-state index contributed by atoms with van der Waals surface area (Å²) in [5.74, 6) is -3.35. The first-order valence-corrected chi connectivity index (χ1v) is 9.63. The highest BCUT2D eigenvalue weighted by Crippen LogP contribution is 2.32. The summed E-state index contributed by atoms with van der Waals surface area (Å²) >= 11 is 0. The van der Waals surface area contributed by atoms with E-state index in [0.717, 1.165) is 12.3 Å². The average Bonchev–Trinajstić information content (AvgIpc) is 2.68. The molecule has 10 heteroatoms. The lowest BCUT2D eigenvalue weighted by atomic mass is 9.88. The monoisotopic (exact) mass is 422 g/mol. The Kier molecular flexibility index (Phi) is 5.80. The highest BCUT2D eigenvalue weighted by molar-refractivity contribution is 5.98. The molecule has 0 radical (unpaired) electrons. The molecule has 3 N–H and O–H groups in total. The second kappa shape index (κ2) is 8.02. The Morgan fingerprint density at radius 2 is 2.10 bits per heavy atom. The minimum absolute atomic E-state index is 0.0515. The zero-order valence-corrected chi connectivity index (χ0v) is 17.0. The van der Waals surface area contributed by atoms with Gasteiger partial charge < -0.3 is 25.1 Å². The number of pyridine rings is 1. The average molecular weight is 422 g/mol. The van der Waals surface area contributed by atoms with E-state index in [0.29, 0.717) is 18.7 Å². The van der Waals surface area contributed by atoms with Gasteiger partial charge in [-0.1, -0.05) is 5.16 Å². The molecule has 1 aromatic carbocycles. The number of carbonyl (C=O) groups is 1. The zero-order chi connectivity index (χ0) is 22.2. The quantitative estimate of drug-likeness (QED) is 0.716. The van der Waals surface area contributed by atoms with Crippen molar-refractivity contribution in [1.29, 1.82) is 0 Å². The van der Waals surface area contributed by atoms with Gasteiger partial charge in [-0.2, -0.15) is 0 Å². The van der Waals surface area contributed by atoms with Crippen LogP contribution in [0.1, 0.15) is 37.6 Å². The van der Waals surface area contributed by atoms with Crippen molar-refractivity contribution >= 4 is 28.3 Å². The maximum atomic E-state index is 15.6. The molecule has 1 unspecified atom stereocenters. The molecule has 30 heavy (non-hydrogen) atoms. The number of fused-ring (bicyclic) bond motifs is 1. The van der Waals surface area contributed by atoms with Gasteiger partial charge in [0.25, 0.3) is 0 Å². The number of hydrogen-bond acceptors (Lipinski definition) is 6. The summed E-state index contributed by atoms with van der Waals surface area (Å²) in [6, 6.07) is 0.893. The van der Waals surface area contributed by atoms with Crippen molar-refractivity contribution in [2.75, 3.05) is 24.6 Å². The number of nitrogens with two attached hydrogens (primary N) is 1. The van der Waals surface area contributed by atoms with Crippen LogP contribution >= 0.6 is 0 Å². The SMILES string of the molecule is CCO/N=C1\CN(c2c(F)cc3c(=O)c(C(=O)O)cn(CC)c3c2F)CCC1(C)N. The van der Waals surface area contributed by atoms with E-state index in [1.807, 2.05) is 0 Å². The van der Waals surface area contributed by atoms with Crippen LogP contribution in [0, 0.1) is 11.6 Å². The molecule has 3 rings (SSSR count). The Bertz CT molecular complexity index is 1090. The first-order chi connectivity index (χ1) is 14.1. The molecular formula is C20H24F2N4O4. The smallest absolute Gasteiger partial charge is 0.341 e. The van der Waals surface area contributed by atoms with E-state index in [4.69, 9.17) is 10.6 Å². The maximum Gasteiger partial charge on any atom is 0.341 e. The van der Waals surface area contributed by atoms with Crippen LogP contribution in [0.5, 0.6) is 0 Å². The number of piperidine rings is 1. The number of benzene rings is 1. The third-order valence-corrected chi connectivity index (χ3v) is 5.32. The first-order valence-electron chi connectivity index (χ1n) is 9.63. The Labute approximate surface area is 171 Å². The third-order valence-electron chi connectivity index (χ3n) is 5.32. The van der Waals surface area contributed by atoms with Crippen molar-refractivity contribution < 1.29 is 23.5 Å². The molecule has 1 aliphatic heterocycles. The van der Waals surface area contributed by atoms with Crippen LogP contribution < -0.4 is 16.1 Å². The van der Waals surface area contributed by atoms with Gasteiger partial charge in [0, 0.05) is 19.3 Å². The van der Waals surface area contributed by atoms with E-state index >= 15 is 8.78 Å². The number of oxime groups is 1. The number of aromatic carboxylic acids is 1. The molecule has 2 aromatic rings. The Balaban J connectivity index is 2.20. The largest absolute Gasteiger partial charge is 0.477 e. The second-order valence-corrected chi connectivity index (χ2v) is 7.42. The molecule has 1 aromatic heterocycles. The minimum atomic E-state index is -1.45. The van der Waals surface area contributed by atoms with Gasteiger partial charge in [-0.15, -0.1) is 0 Å². The van der Waals surface area contributed by atoms with Gasteiger partial charge in [0.1, 0.15) is 23.7 Å². The lowest BCUT2D eigenvalue weighted by Gasteiger charge is -2.39. The van der Waals surface area contributed by atoms with Gasteiger partial charge in [-0.05, 0) is 33.3 Å². The molecule has 0 saturated carbocycles. The number of halogens is 2. The summed E-state index contributed by atoms with van der Waals surface area (Å²) in [5, 5.41) is 12.9. The fourth-order valence-corrected chi connectivity index (χ4v) is 3.59. The topological polar surface area (TPSA) is 110 Å². The molecule has 1 aliphatic rings. The predicted octanol–water partition coefficient (Wildman–Crippen LogP) is 2.32. The van der Waals surface area contributed by atoms with Crippen LogP contribution in [-0.2, 0) is 11.4 Å². The highest BCUT2D eigenvalue weighted by Gasteiger charge is 2.36. The number of anilines is 1. The summed E-state index contributed by atoms with van der Waals surface area (Å²) in [7, 11) is 0. The van der Waals surface area contributed by atoms with Crippen molar-refractivity contribution in [3.8, 4) is 0 Å². The van der Waals surface area contributed by atoms with Crippen molar-refractivity contribution in [2.45, 2.75) is 39.3 Å². The van der Waals surface area contributed by atoms with E-state index in [1.54, 1.807) is 20.8 Å². The van der Waals surface area contributed by atoms with E-state index in [1.165, 1.54) is 9.47 Å². The summed E-state index contributed by atoms with van der Waals surface area (Å²) in [6.45, 7) is 6.04. The van der Waals surface area contributed by atoms with Crippen molar-refractivity contribution in [3.63, 3.8) is 0 Å². The Hall–Kier alpha value is -3.01. The lowest BCUT2D eigenvalue weighted by Crippen LogP contribution is -2.56. The predicted molar refractivity (Wildman–Crippen MR) is 109 cm³/mol. The fraction of sp³-hybridized carbons (Fsp3) is 0.450. The second-order valence-electron chi connectivity index (χ2n) is 7.42. The van der Waals surface area contributed by atoms with E-state index in [2.05, 4.69) is 5.16 Å². The number of aryl methyl sites for hydroxylation is 1. The standard InChI is InChI=1S/C20H24F2N4O4/c1-4-25-9-12(19(28)29)18(27)11-8-13(21)17(15(22)16(11)25)26-7-6-20(3,23)14(10-26)24-30-5-2/h8-9H,4-7,10,23H2,1-3H3,(H,28,29)/b24-14+. The van der Waals surface area contributed by atoms with Crippen molar-refractivity contribution in [1.82, 2.24) is 4.57 Å². The molecular weight excluding hydrogens is 398 g/mol. The summed E-state index contributed by atoms with van der Waals surface area (Å²) in [4.78, 5) is 30.4. The summed E-state index contributed by atoms with van der Waals surface area (Å²) in [6.07, 6.45) is 1.46. The van der Waals surface area contributed by atoms with Crippen LogP contribution in [0.3, 0.4) is 0 Å². The van der Waals surface area contributed by atoms with Crippen molar-refractivity contribution in [3.05, 3.63) is 39.7 Å². The molecule has 0 spiro atoms. The maximum absolute atomic E-state index is 15.6. The molecule has 0 amide bonds. The van der Waals surface area contributed by atoms with Crippen LogP contribution in [0.2, 0.25) is 0 Å². The van der Waals surface area contributed by atoms with Crippen LogP contribution in [0.15, 0.2) is 22.2 Å². The van der Waals surface area contributed by atoms with Crippen molar-refractivity contribution in [2.24, 2.45) is 10.9 Å². The highest BCUT2D eigenvalue weighted by atomic mass is 19.1. The molecule has 2 heterocycles. The van der Waals surface area contributed by atoms with Crippen LogP contribution in [0.25, 0.3) is 10.9 Å². The lowest BCUT2D eigenvalue weighted by molar-refractivity contribution is 0.0694. The fourth-order valence-electron chi connectivity index (χ4n) is 3.59. The molecule has 0 aliphatic carbocycles. The van der Waals surface area contributed by atoms with E-state index in [-0.39, 0.29) is 36.2 Å². The number of carboxylic acids is 1. The van der Waals surface area contributed by atoms with Gasteiger partial charge in [0.2, 0.25) is 5.43 Å². The van der Waals surface area contributed by atoms with Gasteiger partial charge in [0.15, 0.2) is 5.82 Å². The van der Waals surface area contributed by atoms with Crippen LogP contribution in [-0.4, -0.2) is 46.6 Å². The number of nitrogens with zero attached hydrogens (tertiary/aromatic N) is 3. The number of hydrogen-bond donors (Lipinski definition) is 2. The molecule has 8 nitrogen and oxygen atoms in total. The van der Waals surface area contributed by atoms with Gasteiger partial charge in [-0.25, -0.2) is 13.6 Å². The number of carboxylic acid groups (broad SMARTS) is 1. The number of rotatable bonds is 5. The summed E-state index contributed by atoms with van der Waals surface area (Å²) < 4.78 is 31.9. The van der Waals surface area contributed by atoms with Gasteiger partial charge in [-0.3, -0.25) is 4.79 Å². The van der Waals surface area contributed by atoms with Crippen LogP contribution in [0.4, 0.5) is 14.5 Å². The number of aromatic nitrogens is 1. The minimum Gasteiger partial charge on any atom is -0.477 e. The van der Waals surface area contributed by atoms with Gasteiger partial charge in [0.05, 0.1) is 28.7 Å². The Morgan fingerprint density at radius 1 is 1.40 bits per heavy atom. The normalized spacial score (nSPS) is 20.7. The first kappa shape index (κ1) is 21.7. The molecule has 1 fully saturated rings. The van der Waals surface area contributed by atoms with Gasteiger partial charge >= 0.3 is 5.97 Å². The molecule has 0 bridgehead atoms. The Morgan fingerprint density at radius 3 is 2.70 bits per heavy atom. The molecule has 1 atom stereocenters. The zero-order valence-electron chi connectivity index (χ0n) is 17.0. The third kappa shape index (κ3) is 3.62.